The SMILES string of the molecule is CN(CC1CCCCC1)C(=O)c1sc2nnccc2c1N. The molecule has 0 atom stereocenters. The van der Waals surface area contributed by atoms with E-state index in [2.05, 4.69) is 10.2 Å². The van der Waals surface area contributed by atoms with E-state index in [9.17, 15) is 4.79 Å². The summed E-state index contributed by atoms with van der Waals surface area (Å²) in [5.74, 6) is 0.629. The van der Waals surface area contributed by atoms with Crippen LogP contribution in [0.15, 0.2) is 12.3 Å². The van der Waals surface area contributed by atoms with Crippen LogP contribution in [0.3, 0.4) is 0 Å². The lowest BCUT2D eigenvalue weighted by molar-refractivity contribution is 0.0766. The molecular formula is C15H20N4OS. The van der Waals surface area contributed by atoms with Crippen molar-refractivity contribution in [1.29, 1.82) is 0 Å². The first-order chi connectivity index (χ1) is 10.2. The van der Waals surface area contributed by atoms with E-state index in [-0.39, 0.29) is 5.91 Å². The van der Waals surface area contributed by atoms with Gasteiger partial charge in [0.05, 0.1) is 11.9 Å². The van der Waals surface area contributed by atoms with Crippen molar-refractivity contribution in [2.75, 3.05) is 19.3 Å². The molecule has 2 aromatic rings. The van der Waals surface area contributed by atoms with Crippen LogP contribution in [-0.4, -0.2) is 34.6 Å². The number of carbonyl (C=O) groups excluding carboxylic acids is 1. The van der Waals surface area contributed by atoms with Crippen molar-refractivity contribution in [2.45, 2.75) is 32.1 Å². The average Bonchev–Trinajstić information content (AvgIpc) is 2.85. The van der Waals surface area contributed by atoms with Crippen molar-refractivity contribution < 1.29 is 4.79 Å². The first kappa shape index (κ1) is 14.3. The van der Waals surface area contributed by atoms with E-state index in [0.29, 0.717) is 16.5 Å². The summed E-state index contributed by atoms with van der Waals surface area (Å²) in [4.78, 5) is 15.7. The number of rotatable bonds is 3. The summed E-state index contributed by atoms with van der Waals surface area (Å²) in [6, 6.07) is 1.81. The van der Waals surface area contributed by atoms with E-state index in [1.807, 2.05) is 18.0 Å². The van der Waals surface area contributed by atoms with Crippen LogP contribution in [0.4, 0.5) is 5.69 Å². The fourth-order valence-corrected chi connectivity index (χ4v) is 4.08. The van der Waals surface area contributed by atoms with E-state index < -0.39 is 0 Å². The van der Waals surface area contributed by atoms with Gasteiger partial charge in [0.25, 0.3) is 5.91 Å². The first-order valence-electron chi connectivity index (χ1n) is 7.42. The van der Waals surface area contributed by atoms with Gasteiger partial charge in [-0.1, -0.05) is 19.3 Å². The van der Waals surface area contributed by atoms with E-state index in [0.717, 1.165) is 16.8 Å². The third-order valence-corrected chi connectivity index (χ3v) is 5.31. The van der Waals surface area contributed by atoms with Gasteiger partial charge in [0, 0.05) is 19.0 Å². The van der Waals surface area contributed by atoms with Crippen molar-refractivity contribution >= 4 is 33.1 Å². The summed E-state index contributed by atoms with van der Waals surface area (Å²) in [5.41, 5.74) is 6.64. The zero-order valence-corrected chi connectivity index (χ0v) is 13.0. The molecular weight excluding hydrogens is 284 g/mol. The van der Waals surface area contributed by atoms with Gasteiger partial charge in [0.2, 0.25) is 0 Å². The molecule has 112 valence electrons. The zero-order valence-electron chi connectivity index (χ0n) is 12.2. The van der Waals surface area contributed by atoms with Gasteiger partial charge in [-0.3, -0.25) is 4.79 Å². The second kappa shape index (κ2) is 5.97. The van der Waals surface area contributed by atoms with E-state index in [4.69, 9.17) is 5.73 Å². The van der Waals surface area contributed by atoms with Crippen LogP contribution in [0.1, 0.15) is 41.8 Å². The highest BCUT2D eigenvalue weighted by molar-refractivity contribution is 7.21. The molecule has 5 nitrogen and oxygen atoms in total. The van der Waals surface area contributed by atoms with Crippen LogP contribution in [0.25, 0.3) is 10.2 Å². The smallest absolute Gasteiger partial charge is 0.265 e. The van der Waals surface area contributed by atoms with Gasteiger partial charge in [-0.15, -0.1) is 16.4 Å². The van der Waals surface area contributed by atoms with Crippen LogP contribution in [0.5, 0.6) is 0 Å². The average molecular weight is 304 g/mol. The molecule has 0 bridgehead atoms. The Balaban J connectivity index is 1.77. The number of thiophene rings is 1. The van der Waals surface area contributed by atoms with E-state index in [1.54, 1.807) is 6.20 Å². The molecule has 0 aromatic carbocycles. The molecule has 6 heteroatoms. The Labute approximate surface area is 128 Å². The predicted molar refractivity (Wildman–Crippen MR) is 85.4 cm³/mol. The number of hydrogen-bond acceptors (Lipinski definition) is 5. The highest BCUT2D eigenvalue weighted by Crippen LogP contribution is 2.33. The molecule has 1 aliphatic rings. The largest absolute Gasteiger partial charge is 0.397 e. The molecule has 0 radical (unpaired) electrons. The van der Waals surface area contributed by atoms with Gasteiger partial charge in [-0.05, 0) is 24.8 Å². The third kappa shape index (κ3) is 2.85. The van der Waals surface area contributed by atoms with Crippen molar-refractivity contribution in [2.24, 2.45) is 5.92 Å². The van der Waals surface area contributed by atoms with Gasteiger partial charge >= 0.3 is 0 Å². The quantitative estimate of drug-likeness (QED) is 0.946. The van der Waals surface area contributed by atoms with Crippen molar-refractivity contribution in [3.05, 3.63) is 17.1 Å². The third-order valence-electron chi connectivity index (χ3n) is 4.22. The molecule has 1 aliphatic carbocycles. The minimum Gasteiger partial charge on any atom is -0.397 e. The number of hydrogen-bond donors (Lipinski definition) is 1. The number of nitrogen functional groups attached to an aromatic ring is 1. The summed E-state index contributed by atoms with van der Waals surface area (Å²) >= 11 is 1.33. The van der Waals surface area contributed by atoms with Gasteiger partial charge in [-0.25, -0.2) is 0 Å². The topological polar surface area (TPSA) is 72.1 Å². The van der Waals surface area contributed by atoms with Crippen LogP contribution in [0, 0.1) is 5.92 Å². The fraction of sp³-hybridized carbons (Fsp3) is 0.533. The molecule has 2 N–H and O–H groups in total. The lowest BCUT2D eigenvalue weighted by Crippen LogP contribution is -2.32. The summed E-state index contributed by atoms with van der Waals surface area (Å²) in [5, 5.41) is 8.71. The predicted octanol–water partition coefficient (Wildman–Crippen LogP) is 2.93. The molecule has 0 saturated heterocycles. The molecule has 0 aliphatic heterocycles. The maximum Gasteiger partial charge on any atom is 0.265 e. The number of aromatic nitrogens is 2. The Bertz CT molecular complexity index is 648. The van der Waals surface area contributed by atoms with E-state index in [1.165, 1.54) is 43.4 Å². The minimum atomic E-state index is 0.000994. The molecule has 3 rings (SSSR count). The number of nitrogens with two attached hydrogens (primary N) is 1. The monoisotopic (exact) mass is 304 g/mol. The molecule has 21 heavy (non-hydrogen) atoms. The highest BCUT2D eigenvalue weighted by Gasteiger charge is 2.23. The van der Waals surface area contributed by atoms with Crippen molar-refractivity contribution in [3.63, 3.8) is 0 Å². The lowest BCUT2D eigenvalue weighted by atomic mass is 9.89. The van der Waals surface area contributed by atoms with E-state index >= 15 is 0 Å². The lowest BCUT2D eigenvalue weighted by Gasteiger charge is -2.26. The Morgan fingerprint density at radius 1 is 1.43 bits per heavy atom. The Kier molecular flexibility index (Phi) is 4.05. The Morgan fingerprint density at radius 2 is 2.19 bits per heavy atom. The number of amides is 1. The van der Waals surface area contributed by atoms with Crippen LogP contribution < -0.4 is 5.73 Å². The summed E-state index contributed by atoms with van der Waals surface area (Å²) in [6.07, 6.45) is 7.96. The fourth-order valence-electron chi connectivity index (χ4n) is 3.05. The Morgan fingerprint density at radius 3 is 2.90 bits per heavy atom. The van der Waals surface area contributed by atoms with Crippen LogP contribution >= 0.6 is 11.3 Å². The maximum atomic E-state index is 12.6. The zero-order chi connectivity index (χ0) is 14.8. The van der Waals surface area contributed by atoms with Gasteiger partial charge in [0.15, 0.2) is 0 Å². The molecule has 0 spiro atoms. The van der Waals surface area contributed by atoms with Gasteiger partial charge < -0.3 is 10.6 Å². The molecule has 2 heterocycles. The molecule has 1 fully saturated rings. The molecule has 1 saturated carbocycles. The van der Waals surface area contributed by atoms with Crippen molar-refractivity contribution in [1.82, 2.24) is 15.1 Å². The summed E-state index contributed by atoms with van der Waals surface area (Å²) in [6.45, 7) is 0.818. The maximum absolute atomic E-state index is 12.6. The van der Waals surface area contributed by atoms with Crippen LogP contribution in [-0.2, 0) is 0 Å². The normalized spacial score (nSPS) is 16.2. The summed E-state index contributed by atoms with van der Waals surface area (Å²) < 4.78 is 0. The standard InChI is InChI=1S/C15H20N4OS/c1-19(9-10-5-3-2-4-6-10)15(20)13-12(16)11-7-8-17-18-14(11)21-13/h7-8,10H,2-6,9,16H2,1H3. The molecule has 0 unspecified atom stereocenters. The second-order valence-corrected chi connectivity index (χ2v) is 6.78. The summed E-state index contributed by atoms with van der Waals surface area (Å²) in [7, 11) is 1.87. The first-order valence-corrected chi connectivity index (χ1v) is 8.23. The second-order valence-electron chi connectivity index (χ2n) is 5.78. The Hall–Kier alpha value is -1.69. The number of fused-ring (bicyclic) bond motifs is 1. The van der Waals surface area contributed by atoms with Crippen molar-refractivity contribution in [3.8, 4) is 0 Å². The van der Waals surface area contributed by atoms with Gasteiger partial charge in [0.1, 0.15) is 9.71 Å². The number of anilines is 1. The van der Waals surface area contributed by atoms with Gasteiger partial charge in [-0.2, -0.15) is 5.10 Å². The molecule has 2 aromatic heterocycles. The minimum absolute atomic E-state index is 0.000994. The molecule has 1 amide bonds. The van der Waals surface area contributed by atoms with Crippen LogP contribution in [0.2, 0.25) is 0 Å². The number of carbonyl (C=O) groups is 1. The number of nitrogens with zero attached hydrogens (tertiary/aromatic N) is 3. The highest BCUT2D eigenvalue weighted by atomic mass is 32.1.